The first-order chi connectivity index (χ1) is 8.77. The molecule has 1 aliphatic carbocycles. The molecule has 7 nitrogen and oxygen atoms in total. The predicted octanol–water partition coefficient (Wildman–Crippen LogP) is -0.0629. The molecule has 3 N–H and O–H groups in total. The summed E-state index contributed by atoms with van der Waals surface area (Å²) in [5, 5.41) is 10.4. The Morgan fingerprint density at radius 2 is 2.00 bits per heavy atom. The van der Waals surface area contributed by atoms with Crippen molar-refractivity contribution in [1.82, 2.24) is 4.90 Å². The number of hydrogen-bond acceptors (Lipinski definition) is 5. The van der Waals surface area contributed by atoms with Crippen molar-refractivity contribution in [2.45, 2.75) is 43.9 Å². The molecule has 19 heavy (non-hydrogen) atoms. The molecule has 0 aromatic rings. The smallest absolute Gasteiger partial charge is 0.241 e. The van der Waals surface area contributed by atoms with Gasteiger partial charge < -0.3 is 15.8 Å². The largest absolute Gasteiger partial charge is 0.409 e. The van der Waals surface area contributed by atoms with Gasteiger partial charge in [-0.3, -0.25) is 4.79 Å². The maximum atomic E-state index is 12.3. The third-order valence-electron chi connectivity index (χ3n) is 3.50. The molecular weight excluding hydrogens is 270 g/mol. The van der Waals surface area contributed by atoms with Crippen molar-refractivity contribution in [3.05, 3.63) is 0 Å². The molecule has 0 aliphatic heterocycles. The minimum absolute atomic E-state index is 0.0306. The highest BCUT2D eigenvalue weighted by molar-refractivity contribution is 7.92. The third kappa shape index (κ3) is 4.09. The van der Waals surface area contributed by atoms with Crippen LogP contribution in [0, 0.1) is 0 Å². The molecule has 1 atom stereocenters. The summed E-state index contributed by atoms with van der Waals surface area (Å²) in [5.74, 6) is -0.582. The van der Waals surface area contributed by atoms with Crippen LogP contribution in [0.4, 0.5) is 0 Å². The summed E-state index contributed by atoms with van der Waals surface area (Å²) in [5.41, 5.74) is 5.45. The normalized spacial score (nSPS) is 19.4. The van der Waals surface area contributed by atoms with Crippen LogP contribution in [-0.2, 0) is 14.6 Å². The van der Waals surface area contributed by atoms with E-state index in [1.807, 2.05) is 0 Å². The van der Waals surface area contributed by atoms with Crippen molar-refractivity contribution >= 4 is 21.6 Å². The van der Waals surface area contributed by atoms with Crippen LogP contribution in [0.25, 0.3) is 0 Å². The Morgan fingerprint density at radius 3 is 2.42 bits per heavy atom. The highest BCUT2D eigenvalue weighted by atomic mass is 32.2. The van der Waals surface area contributed by atoms with Gasteiger partial charge in [0.1, 0.15) is 5.25 Å². The van der Waals surface area contributed by atoms with Crippen molar-refractivity contribution in [1.29, 1.82) is 0 Å². The summed E-state index contributed by atoms with van der Waals surface area (Å²) in [4.78, 5) is 13.7. The molecule has 1 fully saturated rings. The minimum atomic E-state index is -3.45. The molecule has 1 saturated carbocycles. The number of hydrogen-bond donors (Lipinski definition) is 2. The van der Waals surface area contributed by atoms with E-state index in [2.05, 4.69) is 5.16 Å². The van der Waals surface area contributed by atoms with E-state index < -0.39 is 21.0 Å². The van der Waals surface area contributed by atoms with Gasteiger partial charge in [0.25, 0.3) is 0 Å². The number of carbonyl (C=O) groups is 1. The number of nitrogens with two attached hydrogens (primary N) is 1. The summed E-state index contributed by atoms with van der Waals surface area (Å²) in [6.45, 7) is 1.33. The fourth-order valence-corrected chi connectivity index (χ4v) is 2.73. The maximum absolute atomic E-state index is 12.3. The lowest BCUT2D eigenvalue weighted by molar-refractivity contribution is -0.131. The summed E-state index contributed by atoms with van der Waals surface area (Å²) in [7, 11) is -3.45. The van der Waals surface area contributed by atoms with Crippen LogP contribution in [0.1, 0.15) is 32.6 Å². The van der Waals surface area contributed by atoms with Crippen LogP contribution >= 0.6 is 0 Å². The van der Waals surface area contributed by atoms with E-state index in [1.54, 1.807) is 0 Å². The van der Waals surface area contributed by atoms with Gasteiger partial charge in [-0.15, -0.1) is 0 Å². The van der Waals surface area contributed by atoms with Gasteiger partial charge in [0, 0.05) is 12.3 Å². The molecule has 110 valence electrons. The van der Waals surface area contributed by atoms with Crippen molar-refractivity contribution in [3.63, 3.8) is 0 Å². The Labute approximate surface area is 113 Å². The van der Waals surface area contributed by atoms with E-state index in [1.165, 1.54) is 11.8 Å². The number of amides is 1. The lowest BCUT2D eigenvalue weighted by Gasteiger charge is -2.30. The number of amidine groups is 1. The van der Waals surface area contributed by atoms with E-state index in [0.717, 1.165) is 31.9 Å². The molecule has 0 aromatic carbocycles. The number of sulfone groups is 1. The molecule has 0 spiro atoms. The summed E-state index contributed by atoms with van der Waals surface area (Å²) in [6, 6.07) is -0.0306. The zero-order valence-electron chi connectivity index (χ0n) is 11.2. The van der Waals surface area contributed by atoms with Gasteiger partial charge in [0.15, 0.2) is 15.7 Å². The summed E-state index contributed by atoms with van der Waals surface area (Å²) < 4.78 is 23.0. The lowest BCUT2D eigenvalue weighted by Crippen LogP contribution is -2.49. The Hall–Kier alpha value is -1.31. The van der Waals surface area contributed by atoms with Gasteiger partial charge in [-0.25, -0.2) is 8.42 Å². The number of oxime groups is 1. The molecule has 1 unspecified atom stereocenters. The summed E-state index contributed by atoms with van der Waals surface area (Å²) in [6.07, 6.45) is 4.67. The number of nitrogens with zero attached hydrogens (tertiary/aromatic N) is 2. The second kappa shape index (κ2) is 6.23. The number of carbonyl (C=O) groups excluding carboxylic acids is 1. The Morgan fingerprint density at radius 1 is 1.47 bits per heavy atom. The van der Waals surface area contributed by atoms with Crippen LogP contribution in [0.2, 0.25) is 0 Å². The van der Waals surface area contributed by atoms with Crippen LogP contribution in [0.15, 0.2) is 5.16 Å². The first-order valence-corrected chi connectivity index (χ1v) is 8.18. The van der Waals surface area contributed by atoms with E-state index in [-0.39, 0.29) is 18.4 Å². The van der Waals surface area contributed by atoms with Gasteiger partial charge in [0.05, 0.1) is 6.54 Å². The molecule has 1 rings (SSSR count). The Kier molecular flexibility index (Phi) is 5.16. The first kappa shape index (κ1) is 15.7. The monoisotopic (exact) mass is 291 g/mol. The zero-order chi connectivity index (χ0) is 14.6. The average Bonchev–Trinajstić information content (AvgIpc) is 2.86. The minimum Gasteiger partial charge on any atom is -0.409 e. The van der Waals surface area contributed by atoms with Crippen molar-refractivity contribution in [3.8, 4) is 0 Å². The SMILES string of the molecule is CC(C(=O)N(CC(N)=NO)C1CCCC1)S(C)(=O)=O. The zero-order valence-corrected chi connectivity index (χ0v) is 12.1. The second-order valence-corrected chi connectivity index (χ2v) is 7.33. The number of rotatable bonds is 5. The molecule has 1 amide bonds. The fraction of sp³-hybridized carbons (Fsp3) is 0.818. The van der Waals surface area contributed by atoms with Gasteiger partial charge in [-0.05, 0) is 19.8 Å². The van der Waals surface area contributed by atoms with Gasteiger partial charge in [0.2, 0.25) is 5.91 Å². The topological polar surface area (TPSA) is 113 Å². The molecule has 0 aromatic heterocycles. The van der Waals surface area contributed by atoms with Crippen LogP contribution in [-0.4, -0.2) is 54.4 Å². The van der Waals surface area contributed by atoms with Crippen LogP contribution in [0.5, 0.6) is 0 Å². The molecule has 1 aliphatic rings. The van der Waals surface area contributed by atoms with E-state index >= 15 is 0 Å². The van der Waals surface area contributed by atoms with Crippen molar-refractivity contribution < 1.29 is 18.4 Å². The highest BCUT2D eigenvalue weighted by Crippen LogP contribution is 2.24. The lowest BCUT2D eigenvalue weighted by atomic mass is 10.2. The van der Waals surface area contributed by atoms with Crippen LogP contribution in [0.3, 0.4) is 0 Å². The van der Waals surface area contributed by atoms with Gasteiger partial charge in [-0.2, -0.15) is 0 Å². The molecule has 0 heterocycles. The van der Waals surface area contributed by atoms with Crippen molar-refractivity contribution in [2.24, 2.45) is 10.9 Å². The average molecular weight is 291 g/mol. The maximum Gasteiger partial charge on any atom is 0.241 e. The van der Waals surface area contributed by atoms with E-state index in [0.29, 0.717) is 0 Å². The fourth-order valence-electron chi connectivity index (χ4n) is 2.23. The predicted molar refractivity (Wildman–Crippen MR) is 71.7 cm³/mol. The van der Waals surface area contributed by atoms with Crippen molar-refractivity contribution in [2.75, 3.05) is 12.8 Å². The first-order valence-electron chi connectivity index (χ1n) is 6.23. The standard InChI is InChI=1S/C11H21N3O4S/c1-8(19(2,17)18)11(15)14(7-10(12)13-16)9-5-3-4-6-9/h8-9,16H,3-7H2,1-2H3,(H2,12,13). The highest BCUT2D eigenvalue weighted by Gasteiger charge is 2.34. The molecule has 0 saturated heterocycles. The quantitative estimate of drug-likeness (QED) is 0.319. The third-order valence-corrected chi connectivity index (χ3v) is 4.99. The molecule has 0 bridgehead atoms. The molecular formula is C11H21N3O4S. The Bertz CT molecular complexity index is 455. The van der Waals surface area contributed by atoms with Gasteiger partial charge >= 0.3 is 0 Å². The Balaban J connectivity index is 2.92. The second-order valence-electron chi connectivity index (χ2n) is 4.97. The summed E-state index contributed by atoms with van der Waals surface area (Å²) >= 11 is 0. The molecule has 0 radical (unpaired) electrons. The van der Waals surface area contributed by atoms with E-state index in [4.69, 9.17) is 10.9 Å². The van der Waals surface area contributed by atoms with Crippen LogP contribution < -0.4 is 5.73 Å². The molecule has 8 heteroatoms. The van der Waals surface area contributed by atoms with Gasteiger partial charge in [-0.1, -0.05) is 18.0 Å². The van der Waals surface area contributed by atoms with E-state index in [9.17, 15) is 13.2 Å².